The number of aliphatic hydroxyl groups is 1. The van der Waals surface area contributed by atoms with Gasteiger partial charge in [-0.1, -0.05) is 11.2 Å². The van der Waals surface area contributed by atoms with Gasteiger partial charge >= 0.3 is 0 Å². The SMILES string of the molecule is CC(C)(C)ON=C1CCC2(O)[C@H]3Cc4ccc(O)c5c4[C@@]2(CCN3CC2CC2)[C@H]1O5. The molecule has 1 saturated heterocycles. The van der Waals surface area contributed by atoms with Crippen molar-refractivity contribution in [1.82, 2.24) is 4.90 Å². The van der Waals surface area contributed by atoms with Crippen molar-refractivity contribution in [3.05, 3.63) is 23.3 Å². The molecule has 30 heavy (non-hydrogen) atoms. The van der Waals surface area contributed by atoms with Crippen LogP contribution in [-0.2, 0) is 16.7 Å². The molecule has 2 bridgehead atoms. The topological polar surface area (TPSA) is 74.5 Å². The molecule has 1 aromatic carbocycles. The molecular formula is C24H32N2O4. The Labute approximate surface area is 177 Å². The maximum Gasteiger partial charge on any atom is 0.166 e. The molecule has 0 radical (unpaired) electrons. The summed E-state index contributed by atoms with van der Waals surface area (Å²) < 4.78 is 6.44. The van der Waals surface area contributed by atoms with Crippen molar-refractivity contribution in [2.75, 3.05) is 13.1 Å². The Balaban J connectivity index is 1.49. The van der Waals surface area contributed by atoms with Crippen LogP contribution in [0.5, 0.6) is 11.5 Å². The lowest BCUT2D eigenvalue weighted by molar-refractivity contribution is -0.167. The van der Waals surface area contributed by atoms with Gasteiger partial charge in [-0.2, -0.15) is 0 Å². The molecule has 5 aliphatic rings. The summed E-state index contributed by atoms with van der Waals surface area (Å²) in [6, 6.07) is 3.87. The molecule has 0 amide bonds. The molecule has 2 N–H and O–H groups in total. The monoisotopic (exact) mass is 412 g/mol. The zero-order chi connectivity index (χ0) is 20.9. The van der Waals surface area contributed by atoms with E-state index in [0.717, 1.165) is 43.1 Å². The molecule has 1 spiro atoms. The summed E-state index contributed by atoms with van der Waals surface area (Å²) >= 11 is 0. The highest BCUT2D eigenvalue weighted by atomic mass is 16.6. The van der Waals surface area contributed by atoms with E-state index < -0.39 is 11.0 Å². The fraction of sp³-hybridized carbons (Fsp3) is 0.708. The van der Waals surface area contributed by atoms with E-state index in [0.29, 0.717) is 18.6 Å². The minimum atomic E-state index is -0.877. The first kappa shape index (κ1) is 18.9. The molecule has 2 aliphatic heterocycles. The Hall–Kier alpha value is -1.79. The van der Waals surface area contributed by atoms with E-state index in [1.807, 2.05) is 26.8 Å². The van der Waals surface area contributed by atoms with Crippen molar-refractivity contribution in [2.24, 2.45) is 11.1 Å². The van der Waals surface area contributed by atoms with Gasteiger partial charge in [0.2, 0.25) is 0 Å². The third-order valence-electron chi connectivity index (χ3n) is 8.02. The number of hydrogen-bond donors (Lipinski definition) is 2. The molecule has 6 rings (SSSR count). The number of hydrogen-bond acceptors (Lipinski definition) is 6. The summed E-state index contributed by atoms with van der Waals surface area (Å²) in [5.41, 5.74) is 1.27. The van der Waals surface area contributed by atoms with Crippen LogP contribution in [0, 0.1) is 5.92 Å². The van der Waals surface area contributed by atoms with E-state index in [9.17, 15) is 10.2 Å². The second-order valence-corrected chi connectivity index (χ2v) is 11.0. The van der Waals surface area contributed by atoms with Crippen molar-refractivity contribution >= 4 is 5.71 Å². The van der Waals surface area contributed by atoms with Crippen LogP contribution in [0.15, 0.2) is 17.3 Å². The third kappa shape index (κ3) is 2.41. The summed E-state index contributed by atoms with van der Waals surface area (Å²) in [5, 5.41) is 27.5. The van der Waals surface area contributed by atoms with Crippen LogP contribution in [0.3, 0.4) is 0 Å². The highest BCUT2D eigenvalue weighted by molar-refractivity contribution is 5.94. The van der Waals surface area contributed by atoms with Crippen LogP contribution in [0.1, 0.15) is 64.0 Å². The molecule has 2 heterocycles. The minimum Gasteiger partial charge on any atom is -0.504 e. The van der Waals surface area contributed by atoms with Crippen LogP contribution in [-0.4, -0.2) is 57.3 Å². The van der Waals surface area contributed by atoms with Gasteiger partial charge in [-0.25, -0.2) is 0 Å². The number of aromatic hydroxyl groups is 1. The second-order valence-electron chi connectivity index (χ2n) is 11.0. The molecule has 1 unspecified atom stereocenters. The lowest BCUT2D eigenvalue weighted by atomic mass is 9.49. The van der Waals surface area contributed by atoms with Gasteiger partial charge in [0.05, 0.1) is 16.7 Å². The van der Waals surface area contributed by atoms with Crippen molar-refractivity contribution in [2.45, 2.75) is 88.1 Å². The molecule has 6 nitrogen and oxygen atoms in total. The van der Waals surface area contributed by atoms with Gasteiger partial charge in [-0.05, 0) is 83.4 Å². The number of piperidine rings is 1. The largest absolute Gasteiger partial charge is 0.504 e. The van der Waals surface area contributed by atoms with Gasteiger partial charge < -0.3 is 19.8 Å². The van der Waals surface area contributed by atoms with E-state index in [-0.39, 0.29) is 23.5 Å². The first-order valence-electron chi connectivity index (χ1n) is 11.5. The number of phenols is 1. The Morgan fingerprint density at radius 2 is 2.07 bits per heavy atom. The van der Waals surface area contributed by atoms with E-state index in [1.165, 1.54) is 18.4 Å². The predicted octanol–water partition coefficient (Wildman–Crippen LogP) is 3.13. The first-order valence-corrected chi connectivity index (χ1v) is 11.5. The maximum atomic E-state index is 12.4. The van der Waals surface area contributed by atoms with Crippen LogP contribution < -0.4 is 4.74 Å². The van der Waals surface area contributed by atoms with Crippen molar-refractivity contribution < 1.29 is 19.8 Å². The zero-order valence-electron chi connectivity index (χ0n) is 18.1. The normalized spacial score (nSPS) is 38.3. The molecular weight excluding hydrogens is 380 g/mol. The number of likely N-dealkylation sites (tertiary alicyclic amines) is 1. The Morgan fingerprint density at radius 3 is 2.80 bits per heavy atom. The Bertz CT molecular complexity index is 934. The van der Waals surface area contributed by atoms with Crippen LogP contribution in [0.2, 0.25) is 0 Å². The smallest absolute Gasteiger partial charge is 0.166 e. The molecule has 0 aromatic heterocycles. The molecule has 4 atom stereocenters. The molecule has 1 aromatic rings. The summed E-state index contributed by atoms with van der Waals surface area (Å²) in [7, 11) is 0. The number of ether oxygens (including phenoxy) is 1. The van der Waals surface area contributed by atoms with Gasteiger partial charge in [-0.3, -0.25) is 4.90 Å². The van der Waals surface area contributed by atoms with E-state index >= 15 is 0 Å². The van der Waals surface area contributed by atoms with Crippen LogP contribution in [0.4, 0.5) is 0 Å². The predicted molar refractivity (Wildman–Crippen MR) is 113 cm³/mol. The van der Waals surface area contributed by atoms with E-state index in [4.69, 9.17) is 9.57 Å². The number of oxime groups is 1. The second kappa shape index (κ2) is 5.92. The average Bonchev–Trinajstić information content (AvgIpc) is 3.41. The zero-order valence-corrected chi connectivity index (χ0v) is 18.1. The van der Waals surface area contributed by atoms with Gasteiger partial charge in [-0.15, -0.1) is 0 Å². The summed E-state index contributed by atoms with van der Waals surface area (Å²) in [4.78, 5) is 8.34. The van der Waals surface area contributed by atoms with Crippen LogP contribution >= 0.6 is 0 Å². The molecule has 3 fully saturated rings. The van der Waals surface area contributed by atoms with Crippen molar-refractivity contribution in [3.8, 4) is 11.5 Å². The van der Waals surface area contributed by atoms with Crippen molar-refractivity contribution in [1.29, 1.82) is 0 Å². The molecule has 6 heteroatoms. The first-order chi connectivity index (χ1) is 14.2. The third-order valence-corrected chi connectivity index (χ3v) is 8.02. The highest BCUT2D eigenvalue weighted by Crippen LogP contribution is 2.65. The number of phenolic OH excluding ortho intramolecular Hbond substituents is 1. The average molecular weight is 413 g/mol. The Morgan fingerprint density at radius 1 is 1.27 bits per heavy atom. The fourth-order valence-corrected chi connectivity index (χ4v) is 6.57. The summed E-state index contributed by atoms with van der Waals surface area (Å²) in [6.45, 7) is 7.98. The lowest BCUT2D eigenvalue weighted by Gasteiger charge is -2.63. The minimum absolute atomic E-state index is 0.0889. The molecule has 3 aliphatic carbocycles. The van der Waals surface area contributed by atoms with Crippen molar-refractivity contribution in [3.63, 3.8) is 0 Å². The fourth-order valence-electron chi connectivity index (χ4n) is 6.57. The summed E-state index contributed by atoms with van der Waals surface area (Å²) in [5.74, 6) is 1.50. The number of benzene rings is 1. The van der Waals surface area contributed by atoms with Gasteiger partial charge in [0.1, 0.15) is 5.60 Å². The lowest BCUT2D eigenvalue weighted by Crippen LogP contribution is -2.76. The molecule has 2 saturated carbocycles. The molecule has 162 valence electrons. The Kier molecular flexibility index (Phi) is 3.73. The van der Waals surface area contributed by atoms with Gasteiger partial charge in [0, 0.05) is 18.2 Å². The van der Waals surface area contributed by atoms with Crippen LogP contribution in [0.25, 0.3) is 0 Å². The standard InChI is InChI=1S/C24H32N2O4/c1-22(2,3)30-25-16-8-9-24(28)18-12-15-6-7-17(27)20-19(15)23(24,21(16)29-20)10-11-26(18)13-14-4-5-14/h6-7,14,18,21,27-28H,4-5,8-13H2,1-3H3/t18-,21+,23+,24?/m1/s1. The van der Waals surface area contributed by atoms with E-state index in [2.05, 4.69) is 10.1 Å². The maximum absolute atomic E-state index is 12.4. The summed E-state index contributed by atoms with van der Waals surface area (Å²) in [6.07, 6.45) is 5.18. The van der Waals surface area contributed by atoms with E-state index in [1.54, 1.807) is 6.07 Å². The quantitative estimate of drug-likeness (QED) is 0.746. The van der Waals surface area contributed by atoms with Gasteiger partial charge in [0.25, 0.3) is 0 Å². The number of nitrogens with zero attached hydrogens (tertiary/aromatic N) is 2. The highest BCUT2D eigenvalue weighted by Gasteiger charge is 2.72. The van der Waals surface area contributed by atoms with Gasteiger partial charge in [0.15, 0.2) is 17.6 Å². The number of rotatable bonds is 3.